The van der Waals surface area contributed by atoms with Crippen LogP contribution in [0.5, 0.6) is 0 Å². The van der Waals surface area contributed by atoms with Gasteiger partial charge in [-0.2, -0.15) is 0 Å². The molecule has 0 saturated carbocycles. The van der Waals surface area contributed by atoms with Gasteiger partial charge in [0.25, 0.3) is 0 Å². The average molecular weight is 220 g/mol. The summed E-state index contributed by atoms with van der Waals surface area (Å²) in [5.41, 5.74) is 3.24. The summed E-state index contributed by atoms with van der Waals surface area (Å²) in [6.45, 7) is 5.33. The highest BCUT2D eigenvalue weighted by Gasteiger charge is 2.31. The van der Waals surface area contributed by atoms with Gasteiger partial charge in [0, 0.05) is 6.54 Å². The average Bonchev–Trinajstić information content (AvgIpc) is 2.60. The summed E-state index contributed by atoms with van der Waals surface area (Å²) in [5.74, 6) is 0. The van der Waals surface area contributed by atoms with Crippen molar-refractivity contribution >= 4 is 11.7 Å². The van der Waals surface area contributed by atoms with E-state index in [0.717, 1.165) is 16.8 Å². The second-order valence-electron chi connectivity index (χ2n) is 3.96. The number of anilines is 1. The molecule has 4 heteroatoms. The lowest BCUT2D eigenvalue weighted by molar-refractivity contribution is -0.0698. The first-order chi connectivity index (χ1) is 7.65. The van der Waals surface area contributed by atoms with E-state index in [1.165, 1.54) is 12.2 Å². The van der Waals surface area contributed by atoms with E-state index in [9.17, 15) is 4.79 Å². The van der Waals surface area contributed by atoms with Crippen LogP contribution in [0.1, 0.15) is 11.1 Å². The van der Waals surface area contributed by atoms with E-state index in [1.54, 1.807) is 4.90 Å². The van der Waals surface area contributed by atoms with Crippen molar-refractivity contribution in [3.63, 3.8) is 0 Å². The van der Waals surface area contributed by atoms with Crippen LogP contribution >= 0.6 is 0 Å². The zero-order chi connectivity index (χ0) is 11.7. The number of urea groups is 1. The fourth-order valence-corrected chi connectivity index (χ4v) is 2.12. The first kappa shape index (κ1) is 11.0. The van der Waals surface area contributed by atoms with Crippen molar-refractivity contribution in [3.8, 4) is 0 Å². The number of benzene rings is 1. The van der Waals surface area contributed by atoms with E-state index in [1.807, 2.05) is 32.0 Å². The Bertz CT molecular complexity index is 397. The molecular formula is C12H16N2O2. The lowest BCUT2D eigenvalue weighted by Gasteiger charge is -2.20. The third kappa shape index (κ3) is 1.65. The Morgan fingerprint density at radius 3 is 2.31 bits per heavy atom. The second kappa shape index (κ2) is 4.14. The Balaban J connectivity index is 2.36. The molecule has 0 N–H and O–H groups in total. The molecule has 1 saturated heterocycles. The number of amides is 2. The number of hydroxylamine groups is 2. The minimum Gasteiger partial charge on any atom is -0.290 e. The Morgan fingerprint density at radius 2 is 1.81 bits per heavy atom. The van der Waals surface area contributed by atoms with E-state index >= 15 is 0 Å². The summed E-state index contributed by atoms with van der Waals surface area (Å²) in [5, 5.41) is 1.38. The quantitative estimate of drug-likeness (QED) is 0.764. The van der Waals surface area contributed by atoms with Gasteiger partial charge in [-0.05, 0) is 25.0 Å². The second-order valence-corrected chi connectivity index (χ2v) is 3.96. The molecule has 4 nitrogen and oxygen atoms in total. The molecular weight excluding hydrogens is 204 g/mol. The van der Waals surface area contributed by atoms with Gasteiger partial charge in [0.15, 0.2) is 0 Å². The fraction of sp³-hybridized carbons (Fsp3) is 0.417. The van der Waals surface area contributed by atoms with Gasteiger partial charge in [-0.15, -0.1) is 0 Å². The number of hydrogen-bond acceptors (Lipinski definition) is 2. The maximum Gasteiger partial charge on any atom is 0.348 e. The molecule has 2 rings (SSSR count). The standard InChI is InChI=1S/C12H16N2O2/c1-9-5-4-6-10(2)11(9)13-7-8-14(16-3)12(13)15/h4-6H,7-8H2,1-3H3. The number of nitrogens with zero attached hydrogens (tertiary/aromatic N) is 2. The minimum absolute atomic E-state index is 0.0834. The van der Waals surface area contributed by atoms with Crippen LogP contribution in [0, 0.1) is 13.8 Å². The molecule has 1 aromatic carbocycles. The molecule has 1 aliphatic heterocycles. The molecule has 1 aromatic rings. The highest BCUT2D eigenvalue weighted by molar-refractivity contribution is 5.95. The summed E-state index contributed by atoms with van der Waals surface area (Å²) in [6.07, 6.45) is 0. The normalized spacial score (nSPS) is 16.1. The lowest BCUT2D eigenvalue weighted by Crippen LogP contribution is -2.31. The molecule has 1 aliphatic rings. The monoisotopic (exact) mass is 220 g/mol. The lowest BCUT2D eigenvalue weighted by atomic mass is 10.1. The number of carbonyl (C=O) groups excluding carboxylic acids is 1. The summed E-state index contributed by atoms with van der Waals surface area (Å²) >= 11 is 0. The summed E-state index contributed by atoms with van der Waals surface area (Å²) < 4.78 is 0. The molecule has 0 aromatic heterocycles. The van der Waals surface area contributed by atoms with Crippen LogP contribution in [-0.2, 0) is 4.84 Å². The van der Waals surface area contributed by atoms with Crippen LogP contribution in [0.4, 0.5) is 10.5 Å². The number of carbonyl (C=O) groups is 1. The third-order valence-corrected chi connectivity index (χ3v) is 2.90. The van der Waals surface area contributed by atoms with Crippen molar-refractivity contribution in [1.29, 1.82) is 0 Å². The highest BCUT2D eigenvalue weighted by Crippen LogP contribution is 2.27. The van der Waals surface area contributed by atoms with Crippen molar-refractivity contribution in [2.75, 3.05) is 25.1 Å². The Hall–Kier alpha value is -1.55. The Labute approximate surface area is 95.4 Å². The molecule has 1 fully saturated rings. The molecule has 86 valence electrons. The van der Waals surface area contributed by atoms with Crippen molar-refractivity contribution in [3.05, 3.63) is 29.3 Å². The largest absolute Gasteiger partial charge is 0.348 e. The predicted molar refractivity (Wildman–Crippen MR) is 62.4 cm³/mol. The zero-order valence-electron chi connectivity index (χ0n) is 9.86. The molecule has 16 heavy (non-hydrogen) atoms. The van der Waals surface area contributed by atoms with Crippen LogP contribution < -0.4 is 4.90 Å². The molecule has 0 radical (unpaired) electrons. The summed E-state index contributed by atoms with van der Waals surface area (Å²) in [4.78, 5) is 18.7. The Kier molecular flexibility index (Phi) is 2.83. The fourth-order valence-electron chi connectivity index (χ4n) is 2.12. The summed E-state index contributed by atoms with van der Waals surface area (Å²) in [7, 11) is 1.52. The number of para-hydroxylation sites is 1. The van der Waals surface area contributed by atoms with Crippen molar-refractivity contribution in [2.45, 2.75) is 13.8 Å². The van der Waals surface area contributed by atoms with Gasteiger partial charge in [0.05, 0.1) is 19.3 Å². The topological polar surface area (TPSA) is 32.8 Å². The maximum absolute atomic E-state index is 12.0. The first-order valence-corrected chi connectivity index (χ1v) is 5.34. The molecule has 0 unspecified atom stereocenters. The van der Waals surface area contributed by atoms with Crippen molar-refractivity contribution in [1.82, 2.24) is 5.06 Å². The van der Waals surface area contributed by atoms with Crippen LogP contribution in [0.15, 0.2) is 18.2 Å². The molecule has 2 amide bonds. The maximum atomic E-state index is 12.0. The van der Waals surface area contributed by atoms with Gasteiger partial charge in [0.2, 0.25) is 0 Å². The zero-order valence-corrected chi connectivity index (χ0v) is 9.86. The van der Waals surface area contributed by atoms with Gasteiger partial charge < -0.3 is 0 Å². The SMILES string of the molecule is CON1CCN(c2c(C)cccc2C)C1=O. The number of aryl methyl sites for hydroxylation is 2. The van der Waals surface area contributed by atoms with Gasteiger partial charge in [0.1, 0.15) is 0 Å². The van der Waals surface area contributed by atoms with E-state index in [-0.39, 0.29) is 6.03 Å². The Morgan fingerprint density at radius 1 is 1.19 bits per heavy atom. The highest BCUT2D eigenvalue weighted by atomic mass is 16.7. The van der Waals surface area contributed by atoms with E-state index in [2.05, 4.69) is 0 Å². The minimum atomic E-state index is -0.0834. The third-order valence-electron chi connectivity index (χ3n) is 2.90. The van der Waals surface area contributed by atoms with Gasteiger partial charge in [-0.25, -0.2) is 9.86 Å². The van der Waals surface area contributed by atoms with Gasteiger partial charge in [-0.1, -0.05) is 18.2 Å². The molecule has 1 heterocycles. The van der Waals surface area contributed by atoms with Crippen LogP contribution in [0.3, 0.4) is 0 Å². The van der Waals surface area contributed by atoms with Crippen molar-refractivity contribution < 1.29 is 9.63 Å². The number of hydrogen-bond donors (Lipinski definition) is 0. The molecule has 0 spiro atoms. The van der Waals surface area contributed by atoms with Gasteiger partial charge >= 0.3 is 6.03 Å². The van der Waals surface area contributed by atoms with E-state index in [4.69, 9.17) is 4.84 Å². The van der Waals surface area contributed by atoms with Gasteiger partial charge in [-0.3, -0.25) is 9.74 Å². The predicted octanol–water partition coefficient (Wildman–Crippen LogP) is 2.11. The van der Waals surface area contributed by atoms with Crippen LogP contribution in [-0.4, -0.2) is 31.3 Å². The molecule has 0 atom stereocenters. The van der Waals surface area contributed by atoms with E-state index in [0.29, 0.717) is 13.1 Å². The summed E-state index contributed by atoms with van der Waals surface area (Å²) in [6, 6.07) is 5.96. The van der Waals surface area contributed by atoms with Crippen molar-refractivity contribution in [2.24, 2.45) is 0 Å². The van der Waals surface area contributed by atoms with Crippen LogP contribution in [0.2, 0.25) is 0 Å². The van der Waals surface area contributed by atoms with Crippen LogP contribution in [0.25, 0.3) is 0 Å². The molecule has 0 bridgehead atoms. The number of rotatable bonds is 2. The first-order valence-electron chi connectivity index (χ1n) is 5.34. The molecule has 0 aliphatic carbocycles. The smallest absolute Gasteiger partial charge is 0.290 e. The van der Waals surface area contributed by atoms with E-state index < -0.39 is 0 Å².